The molecule has 26 heavy (non-hydrogen) atoms. The molecule has 3 rings (SSSR count). The first kappa shape index (κ1) is 20.1. The predicted molar refractivity (Wildman–Crippen MR) is 109 cm³/mol. The van der Waals surface area contributed by atoms with Crippen LogP contribution in [0.3, 0.4) is 0 Å². The minimum atomic E-state index is -0.395. The van der Waals surface area contributed by atoms with Gasteiger partial charge in [0.05, 0.1) is 11.0 Å². The number of guanidine groups is 1. The lowest BCUT2D eigenvalue weighted by Gasteiger charge is -2.25. The fraction of sp³-hybridized carbons (Fsp3) is 0.438. The molecule has 1 unspecified atom stereocenters. The van der Waals surface area contributed by atoms with Gasteiger partial charge in [0.1, 0.15) is 11.6 Å². The van der Waals surface area contributed by atoms with Gasteiger partial charge in [0, 0.05) is 32.3 Å². The number of hydrogen-bond donors (Lipinski definition) is 2. The van der Waals surface area contributed by atoms with Crippen LogP contribution in [0, 0.1) is 17.0 Å². The Morgan fingerprint density at radius 3 is 3.04 bits per heavy atom. The number of halogens is 1. The van der Waals surface area contributed by atoms with E-state index in [-0.39, 0.29) is 35.7 Å². The van der Waals surface area contributed by atoms with Crippen LogP contribution in [0.5, 0.6) is 0 Å². The number of aromatic nitrogens is 3. The van der Waals surface area contributed by atoms with Gasteiger partial charge < -0.3 is 10.6 Å². The second-order valence-electron chi connectivity index (χ2n) is 5.93. The average molecular weight is 471 g/mol. The van der Waals surface area contributed by atoms with Crippen molar-refractivity contribution in [2.75, 3.05) is 7.05 Å². The van der Waals surface area contributed by atoms with Crippen LogP contribution in [-0.2, 0) is 13.1 Å². The molecule has 10 heteroatoms. The summed E-state index contributed by atoms with van der Waals surface area (Å²) >= 11 is 0. The van der Waals surface area contributed by atoms with E-state index >= 15 is 0 Å². The molecule has 0 radical (unpaired) electrons. The number of nitrogens with zero attached hydrogens (tertiary/aromatic N) is 5. The van der Waals surface area contributed by atoms with Gasteiger partial charge in [0.15, 0.2) is 5.96 Å². The van der Waals surface area contributed by atoms with Crippen LogP contribution in [0.4, 0.5) is 5.69 Å². The molecule has 2 heterocycles. The number of aliphatic imine (C=N–C) groups is 1. The Labute approximate surface area is 168 Å². The molecule has 2 N–H and O–H groups in total. The number of aryl methyl sites for hydroxylation is 2. The third kappa shape index (κ3) is 4.68. The molecule has 0 bridgehead atoms. The Balaban J connectivity index is 0.00000243. The second kappa shape index (κ2) is 8.92. The summed E-state index contributed by atoms with van der Waals surface area (Å²) in [6.45, 7) is 3.21. The van der Waals surface area contributed by atoms with Gasteiger partial charge in [-0.05, 0) is 25.3 Å². The summed E-state index contributed by atoms with van der Waals surface area (Å²) in [6.07, 6.45) is 1.98. The van der Waals surface area contributed by atoms with Crippen LogP contribution in [-0.4, -0.2) is 32.7 Å². The average Bonchev–Trinajstić information content (AvgIpc) is 2.99. The summed E-state index contributed by atoms with van der Waals surface area (Å²) in [5.41, 5.74) is 0.901. The maximum Gasteiger partial charge on any atom is 0.269 e. The van der Waals surface area contributed by atoms with Crippen molar-refractivity contribution in [3.8, 4) is 0 Å². The third-order valence-corrected chi connectivity index (χ3v) is 4.10. The zero-order chi connectivity index (χ0) is 17.8. The molecule has 0 saturated carbocycles. The number of benzene rings is 1. The van der Waals surface area contributed by atoms with Crippen LogP contribution in [0.15, 0.2) is 29.3 Å². The van der Waals surface area contributed by atoms with Crippen molar-refractivity contribution >= 4 is 35.6 Å². The van der Waals surface area contributed by atoms with E-state index in [1.807, 2.05) is 17.7 Å². The van der Waals surface area contributed by atoms with Crippen molar-refractivity contribution in [1.29, 1.82) is 0 Å². The molecule has 0 fully saturated rings. The fourth-order valence-corrected chi connectivity index (χ4v) is 2.93. The summed E-state index contributed by atoms with van der Waals surface area (Å²) in [5, 5.41) is 21.8. The van der Waals surface area contributed by atoms with Crippen LogP contribution >= 0.6 is 24.0 Å². The monoisotopic (exact) mass is 471 g/mol. The van der Waals surface area contributed by atoms with Gasteiger partial charge in [-0.1, -0.05) is 12.1 Å². The van der Waals surface area contributed by atoms with Crippen molar-refractivity contribution in [2.45, 2.75) is 38.9 Å². The van der Waals surface area contributed by atoms with E-state index in [4.69, 9.17) is 0 Å². The van der Waals surface area contributed by atoms with E-state index in [1.165, 1.54) is 6.07 Å². The maximum absolute atomic E-state index is 10.9. The van der Waals surface area contributed by atoms with Gasteiger partial charge in [0.25, 0.3) is 5.69 Å². The summed E-state index contributed by atoms with van der Waals surface area (Å²) in [6, 6.07) is 6.60. The molecule has 0 amide bonds. The Bertz CT molecular complexity index is 806. The smallest absolute Gasteiger partial charge is 0.269 e. The van der Waals surface area contributed by atoms with E-state index in [1.54, 1.807) is 19.2 Å². The molecule has 1 aliphatic rings. The van der Waals surface area contributed by atoms with E-state index in [2.05, 4.69) is 25.7 Å². The van der Waals surface area contributed by atoms with Gasteiger partial charge in [-0.15, -0.1) is 24.0 Å². The Morgan fingerprint density at radius 2 is 2.31 bits per heavy atom. The maximum atomic E-state index is 10.9. The quantitative estimate of drug-likeness (QED) is 0.233. The van der Waals surface area contributed by atoms with E-state index in [0.717, 1.165) is 36.6 Å². The van der Waals surface area contributed by atoms with E-state index in [0.29, 0.717) is 12.5 Å². The Hall–Kier alpha value is -2.24. The van der Waals surface area contributed by atoms with Gasteiger partial charge in [-0.3, -0.25) is 15.1 Å². The molecule has 140 valence electrons. The van der Waals surface area contributed by atoms with Crippen molar-refractivity contribution in [3.63, 3.8) is 0 Å². The number of nitro benzene ring substituents is 1. The zero-order valence-corrected chi connectivity index (χ0v) is 17.0. The first-order chi connectivity index (χ1) is 12.1. The lowest BCUT2D eigenvalue weighted by molar-refractivity contribution is -0.384. The molecule has 0 aliphatic carbocycles. The highest BCUT2D eigenvalue weighted by atomic mass is 127. The lowest BCUT2D eigenvalue weighted by atomic mass is 10.1. The molecule has 9 nitrogen and oxygen atoms in total. The summed E-state index contributed by atoms with van der Waals surface area (Å²) in [5.74, 6) is 2.32. The first-order valence-corrected chi connectivity index (χ1v) is 8.18. The highest BCUT2D eigenvalue weighted by Gasteiger charge is 2.24. The minimum Gasteiger partial charge on any atom is -0.352 e. The molecular formula is C16H22IN7O2. The van der Waals surface area contributed by atoms with Crippen LogP contribution in [0.2, 0.25) is 0 Å². The highest BCUT2D eigenvalue weighted by molar-refractivity contribution is 14.0. The SMILES string of the molecule is CN=C(NCc1cccc([N+](=O)[O-])c1)NC1CCCn2nc(C)nc21.I. The zero-order valence-electron chi connectivity index (χ0n) is 14.7. The number of rotatable bonds is 4. The summed E-state index contributed by atoms with van der Waals surface area (Å²) in [7, 11) is 1.70. The van der Waals surface area contributed by atoms with E-state index < -0.39 is 4.92 Å². The van der Waals surface area contributed by atoms with Crippen molar-refractivity contribution < 1.29 is 4.92 Å². The largest absolute Gasteiger partial charge is 0.352 e. The topological polar surface area (TPSA) is 110 Å². The van der Waals surface area contributed by atoms with E-state index in [9.17, 15) is 10.1 Å². The molecular weight excluding hydrogens is 449 g/mol. The van der Waals surface area contributed by atoms with Gasteiger partial charge in [0.2, 0.25) is 0 Å². The van der Waals surface area contributed by atoms with Gasteiger partial charge in [-0.25, -0.2) is 9.67 Å². The molecule has 0 spiro atoms. The van der Waals surface area contributed by atoms with Crippen molar-refractivity contribution in [2.24, 2.45) is 4.99 Å². The van der Waals surface area contributed by atoms with Crippen molar-refractivity contribution in [1.82, 2.24) is 25.4 Å². The molecule has 0 saturated heterocycles. The third-order valence-electron chi connectivity index (χ3n) is 4.10. The van der Waals surface area contributed by atoms with Gasteiger partial charge >= 0.3 is 0 Å². The predicted octanol–water partition coefficient (Wildman–Crippen LogP) is 2.31. The van der Waals surface area contributed by atoms with Gasteiger partial charge in [-0.2, -0.15) is 5.10 Å². The molecule has 2 aromatic rings. The standard InChI is InChI=1S/C16H21N7O2.HI/c1-11-19-15-14(7-4-8-22(15)21-11)20-16(17-2)18-10-12-5-3-6-13(9-12)23(24)25;/h3,5-6,9,14H,4,7-8,10H2,1-2H3,(H2,17,18,20);1H. The first-order valence-electron chi connectivity index (χ1n) is 8.18. The number of nitrogens with one attached hydrogen (secondary N) is 2. The highest BCUT2D eigenvalue weighted by Crippen LogP contribution is 2.22. The normalized spacial score (nSPS) is 16.4. The molecule has 1 aromatic carbocycles. The number of fused-ring (bicyclic) bond motifs is 1. The number of non-ortho nitro benzene ring substituents is 1. The minimum absolute atomic E-state index is 0. The second-order valence-corrected chi connectivity index (χ2v) is 5.93. The number of hydrogen-bond acceptors (Lipinski definition) is 5. The molecule has 1 aromatic heterocycles. The van der Waals surface area contributed by atoms with Crippen LogP contribution < -0.4 is 10.6 Å². The summed E-state index contributed by atoms with van der Waals surface area (Å²) in [4.78, 5) is 19.2. The Morgan fingerprint density at radius 1 is 1.50 bits per heavy atom. The lowest BCUT2D eigenvalue weighted by Crippen LogP contribution is -2.41. The Kier molecular flexibility index (Phi) is 6.89. The fourth-order valence-electron chi connectivity index (χ4n) is 2.93. The van der Waals surface area contributed by atoms with Crippen molar-refractivity contribution in [3.05, 3.63) is 51.6 Å². The van der Waals surface area contributed by atoms with Crippen LogP contribution in [0.25, 0.3) is 0 Å². The number of nitro groups is 1. The van der Waals surface area contributed by atoms with Crippen LogP contribution in [0.1, 0.15) is 36.1 Å². The molecule has 1 aliphatic heterocycles. The summed E-state index contributed by atoms with van der Waals surface area (Å²) < 4.78 is 1.93. The molecule has 1 atom stereocenters.